The third-order valence-electron chi connectivity index (χ3n) is 4.19. The van der Waals surface area contributed by atoms with E-state index in [4.69, 9.17) is 0 Å². The highest BCUT2D eigenvalue weighted by Gasteiger charge is 2.19. The highest BCUT2D eigenvalue weighted by Crippen LogP contribution is 2.37. The lowest BCUT2D eigenvalue weighted by molar-refractivity contribution is 0.646. The maximum Gasteiger partial charge on any atom is -0.000708 e. The third-order valence-corrected chi connectivity index (χ3v) is 4.19. The zero-order valence-electron chi connectivity index (χ0n) is 13.7. The van der Waals surface area contributed by atoms with Crippen LogP contribution in [0.2, 0.25) is 0 Å². The van der Waals surface area contributed by atoms with Crippen LogP contribution in [0.4, 0.5) is 0 Å². The van der Waals surface area contributed by atoms with Crippen LogP contribution in [0.3, 0.4) is 0 Å². The van der Waals surface area contributed by atoms with Gasteiger partial charge in [-0.1, -0.05) is 58.0 Å². The van der Waals surface area contributed by atoms with Crippen molar-refractivity contribution in [3.8, 4) is 11.1 Å². The molecule has 1 aliphatic rings. The molecule has 0 nitrogen and oxygen atoms in total. The Kier molecular flexibility index (Phi) is 3.89. The molecule has 0 saturated heterocycles. The van der Waals surface area contributed by atoms with E-state index in [0.717, 1.165) is 18.8 Å². The zero-order valence-corrected chi connectivity index (χ0v) is 13.7. The van der Waals surface area contributed by atoms with E-state index in [9.17, 15) is 0 Å². The summed E-state index contributed by atoms with van der Waals surface area (Å²) in [6, 6.07) is 15.3. The Balaban J connectivity index is 1.90. The normalized spacial score (nSPS) is 12.9. The summed E-state index contributed by atoms with van der Waals surface area (Å²) in [5.74, 6) is 1.41. The molecule has 0 saturated carbocycles. The molecule has 0 heteroatoms. The molecule has 1 aliphatic carbocycles. The van der Waals surface area contributed by atoms with Crippen molar-refractivity contribution in [1.82, 2.24) is 0 Å². The molecule has 0 spiro atoms. The predicted molar refractivity (Wildman–Crippen MR) is 90.6 cm³/mol. The summed E-state index contributed by atoms with van der Waals surface area (Å²) >= 11 is 0. The maximum atomic E-state index is 3.66. The molecule has 109 valence electrons. The van der Waals surface area contributed by atoms with Crippen molar-refractivity contribution in [3.05, 3.63) is 58.7 Å². The summed E-state index contributed by atoms with van der Waals surface area (Å²) in [6.07, 6.45) is 3.36. The van der Waals surface area contributed by atoms with Gasteiger partial charge < -0.3 is 0 Å². The van der Waals surface area contributed by atoms with Gasteiger partial charge in [0.2, 0.25) is 0 Å². The molecule has 0 atom stereocenters. The predicted octanol–water partition coefficient (Wildman–Crippen LogP) is 5.45. The van der Waals surface area contributed by atoms with Gasteiger partial charge in [-0.3, -0.25) is 0 Å². The number of benzene rings is 2. The van der Waals surface area contributed by atoms with E-state index >= 15 is 0 Å². The van der Waals surface area contributed by atoms with Gasteiger partial charge in [-0.05, 0) is 70.5 Å². The summed E-state index contributed by atoms with van der Waals surface area (Å²) in [7, 11) is 0. The quantitative estimate of drug-likeness (QED) is 0.594. The van der Waals surface area contributed by atoms with Gasteiger partial charge in [-0.2, -0.15) is 0 Å². The van der Waals surface area contributed by atoms with Crippen LogP contribution in [0.15, 0.2) is 30.3 Å². The zero-order chi connectivity index (χ0) is 15.0. The molecule has 0 amide bonds. The van der Waals surface area contributed by atoms with Crippen LogP contribution in [0.5, 0.6) is 0 Å². The average Bonchev–Trinajstić information content (AvgIpc) is 2.73. The van der Waals surface area contributed by atoms with E-state index in [-0.39, 0.29) is 0 Å². The summed E-state index contributed by atoms with van der Waals surface area (Å²) in [4.78, 5) is 0. The van der Waals surface area contributed by atoms with Crippen molar-refractivity contribution in [2.24, 2.45) is 11.8 Å². The average molecular weight is 277 g/mol. The van der Waals surface area contributed by atoms with Crippen molar-refractivity contribution < 1.29 is 0 Å². The second kappa shape index (κ2) is 5.67. The first kappa shape index (κ1) is 14.4. The Hall–Kier alpha value is -1.56. The maximum absolute atomic E-state index is 3.66. The Morgan fingerprint density at radius 1 is 0.905 bits per heavy atom. The molecule has 0 aliphatic heterocycles. The molecule has 0 heterocycles. The number of fused-ring (bicyclic) bond motifs is 3. The van der Waals surface area contributed by atoms with Crippen LogP contribution in [0.25, 0.3) is 11.1 Å². The van der Waals surface area contributed by atoms with Gasteiger partial charge in [-0.15, -0.1) is 0 Å². The Labute approximate surface area is 129 Å². The Morgan fingerprint density at radius 3 is 2.33 bits per heavy atom. The SMILES string of the molecule is CC(C)Cc1[c]c2c(cc1)-c1ccc(CC(C)C)cc1C2. The first-order chi connectivity index (χ1) is 10.0. The van der Waals surface area contributed by atoms with Gasteiger partial charge in [0.25, 0.3) is 0 Å². The fraction of sp³-hybridized carbons (Fsp3) is 0.429. The topological polar surface area (TPSA) is 0 Å². The molecule has 0 unspecified atom stereocenters. The highest BCUT2D eigenvalue weighted by molar-refractivity contribution is 5.77. The van der Waals surface area contributed by atoms with Crippen molar-refractivity contribution >= 4 is 0 Å². The Bertz CT molecular complexity index is 590. The van der Waals surface area contributed by atoms with Gasteiger partial charge in [0, 0.05) is 0 Å². The second-order valence-electron chi connectivity index (χ2n) is 7.24. The molecule has 21 heavy (non-hydrogen) atoms. The van der Waals surface area contributed by atoms with Crippen LogP contribution in [-0.2, 0) is 19.3 Å². The van der Waals surface area contributed by atoms with E-state index in [1.807, 2.05) is 0 Å². The molecular formula is C21H25. The number of hydrogen-bond acceptors (Lipinski definition) is 0. The first-order valence-corrected chi connectivity index (χ1v) is 8.19. The lowest BCUT2D eigenvalue weighted by Gasteiger charge is -2.08. The van der Waals surface area contributed by atoms with Crippen molar-refractivity contribution in [2.45, 2.75) is 47.0 Å². The highest BCUT2D eigenvalue weighted by atomic mass is 14.2. The van der Waals surface area contributed by atoms with E-state index in [1.54, 1.807) is 0 Å². The fourth-order valence-electron chi connectivity index (χ4n) is 3.38. The molecule has 0 bridgehead atoms. The van der Waals surface area contributed by atoms with Gasteiger partial charge in [0.1, 0.15) is 0 Å². The van der Waals surface area contributed by atoms with Gasteiger partial charge in [0.05, 0.1) is 0 Å². The smallest absolute Gasteiger partial charge is 0.000708 e. The van der Waals surface area contributed by atoms with Crippen molar-refractivity contribution in [1.29, 1.82) is 0 Å². The number of rotatable bonds is 4. The van der Waals surface area contributed by atoms with Crippen LogP contribution >= 0.6 is 0 Å². The molecular weight excluding hydrogens is 252 g/mol. The lowest BCUT2D eigenvalue weighted by atomic mass is 9.97. The monoisotopic (exact) mass is 277 g/mol. The van der Waals surface area contributed by atoms with Crippen LogP contribution < -0.4 is 0 Å². The number of hydrogen-bond donors (Lipinski definition) is 0. The molecule has 2 aromatic rings. The largest absolute Gasteiger partial charge is 0.0625 e. The minimum Gasteiger partial charge on any atom is -0.0625 e. The molecule has 0 aromatic heterocycles. The van der Waals surface area contributed by atoms with E-state index in [2.05, 4.69) is 64.1 Å². The molecule has 0 fully saturated rings. The van der Waals surface area contributed by atoms with E-state index in [0.29, 0.717) is 5.92 Å². The van der Waals surface area contributed by atoms with Crippen LogP contribution in [0.1, 0.15) is 49.9 Å². The van der Waals surface area contributed by atoms with E-state index < -0.39 is 0 Å². The summed E-state index contributed by atoms with van der Waals surface area (Å²) in [6.45, 7) is 9.11. The first-order valence-electron chi connectivity index (χ1n) is 8.19. The minimum atomic E-state index is 0.695. The van der Waals surface area contributed by atoms with Gasteiger partial charge in [-0.25, -0.2) is 0 Å². The summed E-state index contributed by atoms with van der Waals surface area (Å²) < 4.78 is 0. The molecule has 3 rings (SSSR count). The lowest BCUT2D eigenvalue weighted by Crippen LogP contribution is -1.95. The van der Waals surface area contributed by atoms with Gasteiger partial charge in [0.15, 0.2) is 0 Å². The van der Waals surface area contributed by atoms with Crippen molar-refractivity contribution in [3.63, 3.8) is 0 Å². The minimum absolute atomic E-state index is 0.695. The molecule has 2 aromatic carbocycles. The molecule has 0 N–H and O–H groups in total. The third kappa shape index (κ3) is 3.05. The standard InChI is InChI=1S/C21H25/c1-14(2)9-16-5-7-20-18(11-16)13-19-12-17(10-15(3)4)6-8-21(19)20/h5-8,11,14-15H,9-10,13H2,1-4H3. The Morgan fingerprint density at radius 2 is 1.62 bits per heavy atom. The van der Waals surface area contributed by atoms with E-state index in [1.165, 1.54) is 39.8 Å². The summed E-state index contributed by atoms with van der Waals surface area (Å²) in [5.41, 5.74) is 8.53. The second-order valence-corrected chi connectivity index (χ2v) is 7.24. The summed E-state index contributed by atoms with van der Waals surface area (Å²) in [5, 5.41) is 0. The fourth-order valence-corrected chi connectivity index (χ4v) is 3.38. The molecule has 1 radical (unpaired) electrons. The van der Waals surface area contributed by atoms with Gasteiger partial charge >= 0.3 is 0 Å². The van der Waals surface area contributed by atoms with Crippen LogP contribution in [-0.4, -0.2) is 0 Å². The van der Waals surface area contributed by atoms with Crippen LogP contribution in [0, 0.1) is 17.9 Å². The van der Waals surface area contributed by atoms with Crippen molar-refractivity contribution in [2.75, 3.05) is 0 Å².